The molecule has 2 N–H and O–H groups in total. The first-order valence-corrected chi connectivity index (χ1v) is 7.75. The van der Waals surface area contributed by atoms with Crippen LogP contribution >= 0.6 is 33.9 Å². The molecule has 102 valence electrons. The van der Waals surface area contributed by atoms with E-state index in [1.807, 2.05) is 11.3 Å². The lowest BCUT2D eigenvalue weighted by atomic mass is 10.3. The van der Waals surface area contributed by atoms with Crippen LogP contribution in [0.15, 0.2) is 17.1 Å². The van der Waals surface area contributed by atoms with Gasteiger partial charge in [0.05, 0.1) is 9.49 Å². The fourth-order valence-corrected chi connectivity index (χ4v) is 3.26. The van der Waals surface area contributed by atoms with Crippen molar-refractivity contribution in [2.75, 3.05) is 27.3 Å². The number of nitrogens with one attached hydrogen (secondary N) is 2. The van der Waals surface area contributed by atoms with Crippen molar-refractivity contribution in [3.63, 3.8) is 0 Å². The normalized spacial score (nSPS) is 13.4. The summed E-state index contributed by atoms with van der Waals surface area (Å²) in [5.74, 6) is 0.825. The highest BCUT2D eigenvalue weighted by Crippen LogP contribution is 2.18. The van der Waals surface area contributed by atoms with Crippen LogP contribution in [-0.4, -0.2) is 39.3 Å². The molecule has 1 rings (SSSR count). The second kappa shape index (κ2) is 8.71. The van der Waals surface area contributed by atoms with E-state index in [1.165, 1.54) is 7.76 Å². The third-order valence-electron chi connectivity index (χ3n) is 2.32. The van der Waals surface area contributed by atoms with Gasteiger partial charge >= 0.3 is 0 Å². The number of methoxy groups -OCH3 is 1. The van der Waals surface area contributed by atoms with Crippen molar-refractivity contribution in [1.29, 1.82) is 0 Å². The Hall–Kier alpha value is -0.340. The van der Waals surface area contributed by atoms with Crippen LogP contribution in [0.2, 0.25) is 0 Å². The molecule has 0 saturated heterocycles. The lowest BCUT2D eigenvalue weighted by Gasteiger charge is -2.16. The average Bonchev–Trinajstić information content (AvgIpc) is 2.74. The Balaban J connectivity index is 2.27. The van der Waals surface area contributed by atoms with E-state index in [0.717, 1.165) is 18.9 Å². The minimum Gasteiger partial charge on any atom is -0.383 e. The Kier molecular flexibility index (Phi) is 7.60. The highest BCUT2D eigenvalue weighted by atomic mass is 127. The van der Waals surface area contributed by atoms with Crippen LogP contribution in [-0.2, 0) is 11.2 Å². The maximum atomic E-state index is 5.08. The number of thiophene rings is 1. The summed E-state index contributed by atoms with van der Waals surface area (Å²) < 4.78 is 6.41. The van der Waals surface area contributed by atoms with Gasteiger partial charge in [-0.2, -0.15) is 0 Å². The van der Waals surface area contributed by atoms with E-state index in [1.54, 1.807) is 14.2 Å². The third kappa shape index (κ3) is 6.01. The average molecular weight is 381 g/mol. The molecule has 6 heteroatoms. The zero-order valence-corrected chi connectivity index (χ0v) is 14.0. The van der Waals surface area contributed by atoms with Gasteiger partial charge in [-0.15, -0.1) is 11.3 Å². The largest absolute Gasteiger partial charge is 0.383 e. The third-order valence-corrected chi connectivity index (χ3v) is 4.27. The second-order valence-corrected chi connectivity index (χ2v) is 7.02. The van der Waals surface area contributed by atoms with Gasteiger partial charge in [-0.05, 0) is 48.1 Å². The van der Waals surface area contributed by atoms with Gasteiger partial charge in [0.25, 0.3) is 0 Å². The van der Waals surface area contributed by atoms with Crippen molar-refractivity contribution in [2.45, 2.75) is 19.4 Å². The SMILES string of the molecule is CN=C(NCCc1ccc(I)s1)NC(C)COC. The molecule has 1 aromatic heterocycles. The Morgan fingerprint density at radius 2 is 2.33 bits per heavy atom. The molecule has 18 heavy (non-hydrogen) atoms. The number of nitrogens with zero attached hydrogens (tertiary/aromatic N) is 1. The van der Waals surface area contributed by atoms with E-state index in [-0.39, 0.29) is 6.04 Å². The van der Waals surface area contributed by atoms with E-state index >= 15 is 0 Å². The highest BCUT2D eigenvalue weighted by molar-refractivity contribution is 14.1. The monoisotopic (exact) mass is 381 g/mol. The van der Waals surface area contributed by atoms with Crippen LogP contribution in [0.1, 0.15) is 11.8 Å². The molecule has 0 aliphatic rings. The molecule has 1 aromatic rings. The number of ether oxygens (including phenoxy) is 1. The van der Waals surface area contributed by atoms with Crippen molar-refractivity contribution < 1.29 is 4.74 Å². The topological polar surface area (TPSA) is 45.7 Å². The van der Waals surface area contributed by atoms with Gasteiger partial charge < -0.3 is 15.4 Å². The lowest BCUT2D eigenvalue weighted by Crippen LogP contribution is -2.44. The molecule has 0 fully saturated rings. The summed E-state index contributed by atoms with van der Waals surface area (Å²) in [5, 5.41) is 6.58. The van der Waals surface area contributed by atoms with E-state index in [2.05, 4.69) is 57.3 Å². The number of rotatable bonds is 6. The minimum atomic E-state index is 0.254. The maximum absolute atomic E-state index is 5.08. The number of guanidine groups is 1. The van der Waals surface area contributed by atoms with Gasteiger partial charge in [0.15, 0.2) is 5.96 Å². The van der Waals surface area contributed by atoms with Crippen LogP contribution in [0.25, 0.3) is 0 Å². The van der Waals surface area contributed by atoms with Crippen LogP contribution in [0.4, 0.5) is 0 Å². The molecule has 0 aliphatic heterocycles. The van der Waals surface area contributed by atoms with E-state index in [0.29, 0.717) is 6.61 Å². The van der Waals surface area contributed by atoms with Gasteiger partial charge in [-0.3, -0.25) is 4.99 Å². The molecular formula is C12H20IN3OS. The number of halogens is 1. The number of hydrogen-bond acceptors (Lipinski definition) is 3. The molecular weight excluding hydrogens is 361 g/mol. The van der Waals surface area contributed by atoms with Crippen LogP contribution in [0.3, 0.4) is 0 Å². The molecule has 1 atom stereocenters. The maximum Gasteiger partial charge on any atom is 0.191 e. The van der Waals surface area contributed by atoms with E-state index in [4.69, 9.17) is 4.74 Å². The molecule has 0 aromatic carbocycles. The molecule has 1 heterocycles. The summed E-state index contributed by atoms with van der Waals surface area (Å²) in [6, 6.07) is 4.58. The van der Waals surface area contributed by atoms with Crippen molar-refractivity contribution >= 4 is 39.9 Å². The zero-order valence-electron chi connectivity index (χ0n) is 11.0. The first kappa shape index (κ1) is 15.7. The summed E-state index contributed by atoms with van der Waals surface area (Å²) >= 11 is 4.18. The fraction of sp³-hybridized carbons (Fsp3) is 0.583. The quantitative estimate of drug-likeness (QED) is 0.451. The van der Waals surface area contributed by atoms with Crippen molar-refractivity contribution in [3.05, 3.63) is 19.9 Å². The first-order chi connectivity index (χ1) is 8.65. The smallest absolute Gasteiger partial charge is 0.191 e. The summed E-state index contributed by atoms with van der Waals surface area (Å²) in [5.41, 5.74) is 0. The summed E-state index contributed by atoms with van der Waals surface area (Å²) in [6.07, 6.45) is 1.02. The predicted molar refractivity (Wildman–Crippen MR) is 86.6 cm³/mol. The van der Waals surface area contributed by atoms with Crippen LogP contribution < -0.4 is 10.6 Å². The summed E-state index contributed by atoms with van der Waals surface area (Å²) in [6.45, 7) is 3.62. The molecule has 0 saturated carbocycles. The van der Waals surface area contributed by atoms with Crippen molar-refractivity contribution in [1.82, 2.24) is 10.6 Å². The molecule has 0 spiro atoms. The minimum absolute atomic E-state index is 0.254. The Bertz CT molecular complexity index is 381. The molecule has 1 unspecified atom stereocenters. The highest BCUT2D eigenvalue weighted by Gasteiger charge is 2.04. The van der Waals surface area contributed by atoms with Crippen molar-refractivity contribution in [2.24, 2.45) is 4.99 Å². The summed E-state index contributed by atoms with van der Waals surface area (Å²) in [4.78, 5) is 5.58. The number of aliphatic imine (C=N–C) groups is 1. The fourth-order valence-electron chi connectivity index (χ4n) is 1.51. The van der Waals surface area contributed by atoms with Crippen LogP contribution in [0.5, 0.6) is 0 Å². The van der Waals surface area contributed by atoms with E-state index in [9.17, 15) is 0 Å². The molecule has 0 bridgehead atoms. The first-order valence-electron chi connectivity index (χ1n) is 5.86. The standard InChI is InChI=1S/C12H20IN3OS/c1-9(8-17-3)16-12(14-2)15-7-6-10-4-5-11(13)18-10/h4-5,9H,6-8H2,1-3H3,(H2,14,15,16). The molecule has 0 aliphatic carbocycles. The lowest BCUT2D eigenvalue weighted by molar-refractivity contribution is 0.179. The Morgan fingerprint density at radius 3 is 2.89 bits per heavy atom. The predicted octanol–water partition coefficient (Wildman–Crippen LogP) is 2.10. The summed E-state index contributed by atoms with van der Waals surface area (Å²) in [7, 11) is 3.48. The van der Waals surface area contributed by atoms with Gasteiger partial charge in [0, 0.05) is 31.6 Å². The molecule has 4 nitrogen and oxygen atoms in total. The Labute approximate surface area is 126 Å². The van der Waals surface area contributed by atoms with Gasteiger partial charge in [0.2, 0.25) is 0 Å². The zero-order chi connectivity index (χ0) is 13.4. The van der Waals surface area contributed by atoms with Gasteiger partial charge in [-0.25, -0.2) is 0 Å². The number of hydrogen-bond donors (Lipinski definition) is 2. The molecule has 0 amide bonds. The van der Waals surface area contributed by atoms with Gasteiger partial charge in [-0.1, -0.05) is 0 Å². The van der Waals surface area contributed by atoms with Crippen molar-refractivity contribution in [3.8, 4) is 0 Å². The van der Waals surface area contributed by atoms with Crippen LogP contribution in [0, 0.1) is 2.88 Å². The molecule has 0 radical (unpaired) electrons. The Morgan fingerprint density at radius 1 is 1.56 bits per heavy atom. The van der Waals surface area contributed by atoms with Gasteiger partial charge in [0.1, 0.15) is 0 Å². The van der Waals surface area contributed by atoms with E-state index < -0.39 is 0 Å². The second-order valence-electron chi connectivity index (χ2n) is 3.96.